The number of aliphatic hydroxyl groups is 1. The smallest absolute Gasteiger partial charge is 0.360 e. The van der Waals surface area contributed by atoms with Gasteiger partial charge >= 0.3 is 11.9 Å². The summed E-state index contributed by atoms with van der Waals surface area (Å²) in [6.07, 6.45) is 3.17. The van der Waals surface area contributed by atoms with Crippen molar-refractivity contribution in [2.75, 3.05) is 6.54 Å². The number of benzene rings is 2. The monoisotopic (exact) mass is 475 g/mol. The van der Waals surface area contributed by atoms with E-state index in [2.05, 4.69) is 5.32 Å². The van der Waals surface area contributed by atoms with Gasteiger partial charge in [0.15, 0.2) is 0 Å². The lowest BCUT2D eigenvalue weighted by atomic mass is 9.81. The van der Waals surface area contributed by atoms with E-state index in [1.807, 2.05) is 24.3 Å². The first-order valence-electron chi connectivity index (χ1n) is 11.2. The van der Waals surface area contributed by atoms with Crippen LogP contribution in [0.4, 0.5) is 0 Å². The van der Waals surface area contributed by atoms with Crippen LogP contribution in [0.15, 0.2) is 48.5 Å². The van der Waals surface area contributed by atoms with E-state index in [-0.39, 0.29) is 18.2 Å². The molecule has 3 rings (SSSR count). The molecule has 0 bridgehead atoms. The molecule has 178 valence electrons. The molecule has 3 atom stereocenters. The highest BCUT2D eigenvalue weighted by Gasteiger charge is 2.48. The van der Waals surface area contributed by atoms with E-state index in [0.717, 1.165) is 36.8 Å². The largest absolute Gasteiger partial charge is 0.478 e. The molecule has 7 nitrogen and oxygen atoms in total. The summed E-state index contributed by atoms with van der Waals surface area (Å²) in [7, 11) is 0. The van der Waals surface area contributed by atoms with E-state index >= 15 is 0 Å². The number of aliphatic hydroxyl groups excluding tert-OH is 1. The number of carboxylic acid groups (broad SMARTS) is 2. The van der Waals surface area contributed by atoms with Crippen molar-refractivity contribution >= 4 is 23.5 Å². The summed E-state index contributed by atoms with van der Waals surface area (Å²) in [6, 6.07) is 14.5. The highest BCUT2D eigenvalue weighted by atomic mass is 35.5. The third kappa shape index (κ3) is 6.05. The maximum atomic E-state index is 11.5. The van der Waals surface area contributed by atoms with E-state index in [4.69, 9.17) is 16.3 Å². The molecule has 2 aromatic carbocycles. The number of nitrogens with one attached hydrogen (secondary N) is 1. The van der Waals surface area contributed by atoms with Gasteiger partial charge in [0.1, 0.15) is 5.75 Å². The fourth-order valence-electron chi connectivity index (χ4n) is 4.35. The summed E-state index contributed by atoms with van der Waals surface area (Å²) in [5.74, 6) is -2.53. The van der Waals surface area contributed by atoms with Gasteiger partial charge < -0.3 is 25.4 Å². The Labute approximate surface area is 198 Å². The lowest BCUT2D eigenvalue weighted by Crippen LogP contribution is -2.51. The molecule has 0 spiro atoms. The van der Waals surface area contributed by atoms with Crippen LogP contribution in [0.1, 0.15) is 62.2 Å². The Bertz CT molecular complexity index is 950. The Balaban J connectivity index is 1.59. The Morgan fingerprint density at radius 3 is 2.45 bits per heavy atom. The van der Waals surface area contributed by atoms with Crippen LogP contribution in [-0.4, -0.2) is 45.4 Å². The van der Waals surface area contributed by atoms with Gasteiger partial charge in [-0.05, 0) is 60.6 Å². The van der Waals surface area contributed by atoms with Gasteiger partial charge in [-0.15, -0.1) is 0 Å². The third-order valence-electron chi connectivity index (χ3n) is 6.34. The van der Waals surface area contributed by atoms with Crippen LogP contribution >= 0.6 is 11.6 Å². The normalized spacial score (nSPS) is 19.6. The Kier molecular flexibility index (Phi) is 8.35. The van der Waals surface area contributed by atoms with Crippen molar-refractivity contribution in [3.63, 3.8) is 0 Å². The Morgan fingerprint density at radius 2 is 1.85 bits per heavy atom. The Morgan fingerprint density at radius 1 is 1.15 bits per heavy atom. The average molecular weight is 476 g/mol. The third-order valence-corrected chi connectivity index (χ3v) is 6.58. The molecule has 1 saturated carbocycles. The van der Waals surface area contributed by atoms with Crippen molar-refractivity contribution in [3.05, 3.63) is 64.7 Å². The summed E-state index contributed by atoms with van der Waals surface area (Å²) in [5.41, 5.74) is -0.425. The second-order valence-electron chi connectivity index (χ2n) is 8.50. The number of hydrogen-bond donors (Lipinski definition) is 4. The fraction of sp³-hybridized carbons (Fsp3) is 0.440. The second-order valence-corrected chi connectivity index (χ2v) is 8.94. The first-order chi connectivity index (χ1) is 15.7. The van der Waals surface area contributed by atoms with Gasteiger partial charge in [-0.1, -0.05) is 49.2 Å². The first kappa shape index (κ1) is 25.0. The predicted octanol–water partition coefficient (Wildman–Crippen LogP) is 4.39. The van der Waals surface area contributed by atoms with Gasteiger partial charge in [0.2, 0.25) is 0 Å². The van der Waals surface area contributed by atoms with E-state index in [1.165, 1.54) is 6.92 Å². The zero-order valence-corrected chi connectivity index (χ0v) is 19.3. The number of rotatable bonds is 10. The van der Waals surface area contributed by atoms with E-state index in [9.17, 15) is 24.9 Å². The van der Waals surface area contributed by atoms with Gasteiger partial charge in [-0.2, -0.15) is 0 Å². The molecule has 0 amide bonds. The number of carbonyl (C=O) groups is 2. The van der Waals surface area contributed by atoms with E-state index in [1.54, 1.807) is 24.3 Å². The molecular formula is C25H30ClNO6. The maximum absolute atomic E-state index is 11.5. The molecule has 0 heterocycles. The van der Waals surface area contributed by atoms with Crippen molar-refractivity contribution in [1.82, 2.24) is 5.32 Å². The summed E-state index contributed by atoms with van der Waals surface area (Å²) in [6.45, 7) is 1.91. The average Bonchev–Trinajstić information content (AvgIpc) is 2.81. The van der Waals surface area contributed by atoms with Crippen molar-refractivity contribution in [1.29, 1.82) is 0 Å². The van der Waals surface area contributed by atoms with Gasteiger partial charge in [0, 0.05) is 24.0 Å². The van der Waals surface area contributed by atoms with Crippen LogP contribution in [0.2, 0.25) is 5.02 Å². The minimum atomic E-state index is -2.30. The fourth-order valence-corrected chi connectivity index (χ4v) is 4.55. The molecule has 1 fully saturated rings. The van der Waals surface area contributed by atoms with Gasteiger partial charge in [-0.25, -0.2) is 9.59 Å². The minimum Gasteiger partial charge on any atom is -0.478 e. The molecule has 4 N–H and O–H groups in total. The molecule has 0 aliphatic heterocycles. The van der Waals surface area contributed by atoms with Gasteiger partial charge in [0.05, 0.1) is 6.10 Å². The molecule has 8 heteroatoms. The molecule has 1 aliphatic rings. The summed E-state index contributed by atoms with van der Waals surface area (Å²) in [4.78, 5) is 23.1. The van der Waals surface area contributed by atoms with Crippen LogP contribution in [0.25, 0.3) is 0 Å². The van der Waals surface area contributed by atoms with Crippen LogP contribution in [0, 0.1) is 0 Å². The van der Waals surface area contributed by atoms with Crippen LogP contribution in [0.5, 0.6) is 5.75 Å². The number of aliphatic carboxylic acids is 2. The van der Waals surface area contributed by atoms with Crippen molar-refractivity contribution in [2.24, 2.45) is 0 Å². The van der Waals surface area contributed by atoms with Gasteiger partial charge in [0.25, 0.3) is 5.60 Å². The molecule has 2 aromatic rings. The van der Waals surface area contributed by atoms with Crippen molar-refractivity contribution in [3.8, 4) is 5.75 Å². The van der Waals surface area contributed by atoms with E-state index in [0.29, 0.717) is 17.5 Å². The zero-order chi connectivity index (χ0) is 24.0. The Hall–Kier alpha value is -2.61. The minimum absolute atomic E-state index is 0.198. The van der Waals surface area contributed by atoms with Gasteiger partial charge in [-0.3, -0.25) is 0 Å². The highest BCUT2D eigenvalue weighted by molar-refractivity contribution is 6.30. The van der Waals surface area contributed by atoms with Crippen LogP contribution < -0.4 is 10.1 Å². The van der Waals surface area contributed by atoms with E-state index < -0.39 is 23.6 Å². The molecule has 1 aliphatic carbocycles. The lowest BCUT2D eigenvalue weighted by Gasteiger charge is -2.31. The van der Waals surface area contributed by atoms with Crippen molar-refractivity contribution < 1.29 is 29.6 Å². The summed E-state index contributed by atoms with van der Waals surface area (Å²) >= 11 is 6.01. The molecule has 33 heavy (non-hydrogen) atoms. The number of carboxylic acids is 2. The van der Waals surface area contributed by atoms with Crippen molar-refractivity contribution in [2.45, 2.75) is 62.7 Å². The first-order valence-corrected chi connectivity index (χ1v) is 11.6. The summed E-state index contributed by atoms with van der Waals surface area (Å²) in [5, 5.41) is 33.3. The topological polar surface area (TPSA) is 116 Å². The van der Waals surface area contributed by atoms with Crippen LogP contribution in [0.3, 0.4) is 0 Å². The SMILES string of the molecule is CCC(Oc1ccc(C2CCCC(NCC(O)c3cccc(Cl)c3)C2)cc1)(C(=O)O)C(=O)O. The number of halogens is 1. The predicted molar refractivity (Wildman–Crippen MR) is 125 cm³/mol. The summed E-state index contributed by atoms with van der Waals surface area (Å²) < 4.78 is 5.40. The molecule has 0 saturated heterocycles. The molecule has 0 radical (unpaired) electrons. The molecule has 3 unspecified atom stereocenters. The second kappa shape index (κ2) is 11.0. The zero-order valence-electron chi connectivity index (χ0n) is 18.5. The standard InChI is InChI=1S/C25H30ClNO6/c1-2-25(23(29)30,24(31)32)33-21-11-9-16(10-12-21)17-5-4-8-20(14-17)27-15-22(28)18-6-3-7-19(26)13-18/h3,6-7,9-13,17,20,22,27-28H,2,4-5,8,14-15H2,1H3,(H,29,30)(H,31,32). The quantitative estimate of drug-likeness (QED) is 0.376. The number of hydrogen-bond acceptors (Lipinski definition) is 5. The number of ether oxygens (including phenoxy) is 1. The highest BCUT2D eigenvalue weighted by Crippen LogP contribution is 2.34. The molecule has 0 aromatic heterocycles. The molecular weight excluding hydrogens is 446 g/mol. The lowest BCUT2D eigenvalue weighted by molar-refractivity contribution is -0.172. The van der Waals surface area contributed by atoms with Crippen LogP contribution in [-0.2, 0) is 9.59 Å². The maximum Gasteiger partial charge on any atom is 0.360 e.